The van der Waals surface area contributed by atoms with Crippen LogP contribution in [-0.2, 0) is 4.79 Å². The normalized spacial score (nSPS) is 10.6. The second kappa shape index (κ2) is 9.17. The molecule has 0 spiro atoms. The van der Waals surface area contributed by atoms with Gasteiger partial charge in [0.25, 0.3) is 0 Å². The van der Waals surface area contributed by atoms with Crippen LogP contribution in [0.3, 0.4) is 0 Å². The molecule has 0 radical (unpaired) electrons. The molecule has 0 bridgehead atoms. The second-order valence-electron chi connectivity index (χ2n) is 6.35. The Morgan fingerprint density at radius 1 is 1.00 bits per heavy atom. The van der Waals surface area contributed by atoms with E-state index in [1.807, 2.05) is 24.3 Å². The van der Waals surface area contributed by atoms with Crippen molar-refractivity contribution in [3.05, 3.63) is 76.8 Å². The number of rotatable bonds is 6. The molecule has 3 aromatic carbocycles. The van der Waals surface area contributed by atoms with Crippen LogP contribution in [0, 0.1) is 11.3 Å². The number of halogens is 1. The van der Waals surface area contributed by atoms with Crippen molar-refractivity contribution in [2.75, 3.05) is 14.2 Å². The Hall–Kier alpha value is -3.75. The van der Waals surface area contributed by atoms with E-state index in [2.05, 4.69) is 6.07 Å². The number of benzene rings is 3. The molecular formula is C24H18ClNO4. The van der Waals surface area contributed by atoms with Gasteiger partial charge in [-0.1, -0.05) is 35.9 Å². The van der Waals surface area contributed by atoms with Crippen LogP contribution in [0.1, 0.15) is 11.1 Å². The SMILES string of the molecule is COc1ccc(-c2ccc(-c3ccc(OC)c(Cl)c3)c(C#N)c2)c(/C=C/C(=O)O)c1. The van der Waals surface area contributed by atoms with Crippen LogP contribution >= 0.6 is 11.6 Å². The molecule has 150 valence electrons. The van der Waals surface area contributed by atoms with Gasteiger partial charge in [0, 0.05) is 6.08 Å². The molecule has 0 aliphatic carbocycles. The largest absolute Gasteiger partial charge is 0.497 e. The Bertz CT molecular complexity index is 1180. The zero-order chi connectivity index (χ0) is 21.7. The Kier molecular flexibility index (Phi) is 6.41. The van der Waals surface area contributed by atoms with E-state index in [1.165, 1.54) is 6.08 Å². The number of ether oxygens (including phenoxy) is 2. The van der Waals surface area contributed by atoms with E-state index in [0.29, 0.717) is 27.6 Å². The molecule has 0 heterocycles. The van der Waals surface area contributed by atoms with E-state index in [9.17, 15) is 10.1 Å². The number of carboxylic acid groups (broad SMARTS) is 1. The summed E-state index contributed by atoms with van der Waals surface area (Å²) in [6.07, 6.45) is 2.57. The maximum atomic E-state index is 11.0. The van der Waals surface area contributed by atoms with Gasteiger partial charge in [0.2, 0.25) is 0 Å². The maximum absolute atomic E-state index is 11.0. The summed E-state index contributed by atoms with van der Waals surface area (Å²) in [7, 11) is 3.09. The highest BCUT2D eigenvalue weighted by molar-refractivity contribution is 6.32. The van der Waals surface area contributed by atoms with Gasteiger partial charge >= 0.3 is 5.97 Å². The molecule has 0 unspecified atom stereocenters. The van der Waals surface area contributed by atoms with E-state index >= 15 is 0 Å². The minimum atomic E-state index is -1.05. The van der Waals surface area contributed by atoms with Crippen LogP contribution in [0.2, 0.25) is 5.02 Å². The van der Waals surface area contributed by atoms with Gasteiger partial charge in [-0.05, 0) is 64.2 Å². The maximum Gasteiger partial charge on any atom is 0.328 e. The van der Waals surface area contributed by atoms with Gasteiger partial charge in [-0.25, -0.2) is 4.79 Å². The van der Waals surface area contributed by atoms with E-state index in [1.54, 1.807) is 44.6 Å². The van der Waals surface area contributed by atoms with Crippen LogP contribution in [-0.4, -0.2) is 25.3 Å². The number of hydrogen-bond acceptors (Lipinski definition) is 4. The highest BCUT2D eigenvalue weighted by atomic mass is 35.5. The standard InChI is InChI=1S/C24H18ClNO4/c1-29-19-6-8-20(16(12-19)5-10-24(27)28)15-3-7-21(18(11-15)14-26)17-4-9-23(30-2)22(25)13-17/h3-13H,1-2H3,(H,27,28)/b10-5+. The average Bonchev–Trinajstić information content (AvgIpc) is 2.76. The van der Waals surface area contributed by atoms with Crippen molar-refractivity contribution < 1.29 is 19.4 Å². The van der Waals surface area contributed by atoms with Gasteiger partial charge in [0.15, 0.2) is 0 Å². The Labute approximate surface area is 179 Å². The van der Waals surface area contributed by atoms with Gasteiger partial charge in [-0.2, -0.15) is 5.26 Å². The highest BCUT2D eigenvalue weighted by Crippen LogP contribution is 2.35. The lowest BCUT2D eigenvalue weighted by Crippen LogP contribution is -1.92. The molecule has 0 aromatic heterocycles. The first-order chi connectivity index (χ1) is 14.5. The first-order valence-corrected chi connectivity index (χ1v) is 9.32. The van der Waals surface area contributed by atoms with Gasteiger partial charge in [-0.3, -0.25) is 0 Å². The lowest BCUT2D eigenvalue weighted by molar-refractivity contribution is -0.131. The Morgan fingerprint density at radius 2 is 1.70 bits per heavy atom. The number of carboxylic acids is 1. The van der Waals surface area contributed by atoms with E-state index in [-0.39, 0.29) is 0 Å². The monoisotopic (exact) mass is 419 g/mol. The summed E-state index contributed by atoms with van der Waals surface area (Å²) < 4.78 is 10.4. The summed E-state index contributed by atoms with van der Waals surface area (Å²) in [5.74, 6) is 0.116. The summed E-state index contributed by atoms with van der Waals surface area (Å²) in [6.45, 7) is 0. The number of methoxy groups -OCH3 is 2. The Morgan fingerprint density at radius 3 is 2.33 bits per heavy atom. The second-order valence-corrected chi connectivity index (χ2v) is 6.75. The van der Waals surface area contributed by atoms with Crippen LogP contribution in [0.15, 0.2) is 60.7 Å². The minimum Gasteiger partial charge on any atom is -0.497 e. The number of hydrogen-bond donors (Lipinski definition) is 1. The summed E-state index contributed by atoms with van der Waals surface area (Å²) >= 11 is 6.24. The predicted molar refractivity (Wildman–Crippen MR) is 117 cm³/mol. The molecule has 0 aliphatic heterocycles. The third kappa shape index (κ3) is 4.45. The molecule has 3 rings (SSSR count). The minimum absolute atomic E-state index is 0.458. The Balaban J connectivity index is 2.10. The predicted octanol–water partition coefficient (Wildman–Crippen LogP) is 5.66. The van der Waals surface area contributed by atoms with Crippen LogP contribution in [0.4, 0.5) is 0 Å². The molecule has 0 saturated carbocycles. The van der Waals surface area contributed by atoms with Crippen molar-refractivity contribution in [3.63, 3.8) is 0 Å². The topological polar surface area (TPSA) is 79.5 Å². The zero-order valence-electron chi connectivity index (χ0n) is 16.3. The van der Waals surface area contributed by atoms with Gasteiger partial charge < -0.3 is 14.6 Å². The fourth-order valence-corrected chi connectivity index (χ4v) is 3.38. The summed E-state index contributed by atoms with van der Waals surface area (Å²) in [4.78, 5) is 11.0. The third-order valence-electron chi connectivity index (χ3n) is 4.58. The summed E-state index contributed by atoms with van der Waals surface area (Å²) in [6, 6.07) is 18.5. The molecular weight excluding hydrogens is 402 g/mol. The molecule has 0 amide bonds. The van der Waals surface area contributed by atoms with E-state index < -0.39 is 5.97 Å². The summed E-state index contributed by atoms with van der Waals surface area (Å²) in [5.41, 5.74) is 4.23. The average molecular weight is 420 g/mol. The molecule has 0 atom stereocenters. The fourth-order valence-electron chi connectivity index (χ4n) is 3.12. The highest BCUT2D eigenvalue weighted by Gasteiger charge is 2.12. The molecule has 6 heteroatoms. The van der Waals surface area contributed by atoms with Gasteiger partial charge in [0.05, 0.1) is 30.9 Å². The van der Waals surface area contributed by atoms with Crippen molar-refractivity contribution in [2.45, 2.75) is 0 Å². The first kappa shape index (κ1) is 21.0. The number of nitriles is 1. The molecule has 0 saturated heterocycles. The van der Waals surface area contributed by atoms with Crippen molar-refractivity contribution in [1.82, 2.24) is 0 Å². The third-order valence-corrected chi connectivity index (χ3v) is 4.87. The molecule has 5 nitrogen and oxygen atoms in total. The molecule has 0 aliphatic rings. The van der Waals surface area contributed by atoms with E-state index in [0.717, 1.165) is 28.3 Å². The van der Waals surface area contributed by atoms with E-state index in [4.69, 9.17) is 26.2 Å². The van der Waals surface area contributed by atoms with Crippen LogP contribution in [0.5, 0.6) is 11.5 Å². The lowest BCUT2D eigenvalue weighted by atomic mass is 9.93. The molecule has 30 heavy (non-hydrogen) atoms. The summed E-state index contributed by atoms with van der Waals surface area (Å²) in [5, 5.41) is 19.2. The zero-order valence-corrected chi connectivity index (χ0v) is 17.1. The van der Waals surface area contributed by atoms with Crippen molar-refractivity contribution in [1.29, 1.82) is 5.26 Å². The molecule has 3 aromatic rings. The van der Waals surface area contributed by atoms with Crippen LogP contribution < -0.4 is 9.47 Å². The molecule has 0 fully saturated rings. The quantitative estimate of drug-likeness (QED) is 0.521. The number of aliphatic carboxylic acids is 1. The smallest absolute Gasteiger partial charge is 0.328 e. The fraction of sp³-hybridized carbons (Fsp3) is 0.0833. The van der Waals surface area contributed by atoms with Gasteiger partial charge in [0.1, 0.15) is 11.5 Å². The number of nitrogens with zero attached hydrogens (tertiary/aromatic N) is 1. The molecule has 1 N–H and O–H groups in total. The van der Waals surface area contributed by atoms with Crippen molar-refractivity contribution >= 4 is 23.6 Å². The van der Waals surface area contributed by atoms with Crippen molar-refractivity contribution in [3.8, 4) is 39.8 Å². The first-order valence-electron chi connectivity index (χ1n) is 8.94. The lowest BCUT2D eigenvalue weighted by Gasteiger charge is -2.12. The number of carbonyl (C=O) groups is 1. The van der Waals surface area contributed by atoms with Crippen LogP contribution in [0.25, 0.3) is 28.3 Å². The van der Waals surface area contributed by atoms with Gasteiger partial charge in [-0.15, -0.1) is 0 Å². The van der Waals surface area contributed by atoms with Crippen molar-refractivity contribution in [2.24, 2.45) is 0 Å².